The minimum absolute atomic E-state index is 0.0723. The summed E-state index contributed by atoms with van der Waals surface area (Å²) in [5, 5.41) is 4.03. The van der Waals surface area contributed by atoms with Gasteiger partial charge in [0.15, 0.2) is 0 Å². The molecule has 0 aromatic heterocycles. The van der Waals surface area contributed by atoms with E-state index in [0.717, 1.165) is 37.6 Å². The van der Waals surface area contributed by atoms with Crippen molar-refractivity contribution in [1.29, 1.82) is 0 Å². The van der Waals surface area contributed by atoms with Gasteiger partial charge in [0.05, 0.1) is 12.5 Å². The number of hydrogen-bond acceptors (Lipinski definition) is 2. The zero-order chi connectivity index (χ0) is 11.1. The summed E-state index contributed by atoms with van der Waals surface area (Å²) in [6, 6.07) is 0.304. The quantitative estimate of drug-likeness (QED) is 0.782. The Morgan fingerprint density at radius 1 is 1.67 bits per heavy atom. The van der Waals surface area contributed by atoms with Crippen LogP contribution in [-0.2, 0) is 9.53 Å². The molecule has 0 aromatic rings. The molecule has 0 aromatic carbocycles. The topological polar surface area (TPSA) is 38.3 Å². The Kier molecular flexibility index (Phi) is 6.25. The summed E-state index contributed by atoms with van der Waals surface area (Å²) < 4.78 is 5.31. The number of amides is 1. The van der Waals surface area contributed by atoms with Gasteiger partial charge in [-0.25, -0.2) is 0 Å². The Morgan fingerprint density at radius 2 is 2.47 bits per heavy atom. The van der Waals surface area contributed by atoms with Crippen LogP contribution in [0, 0.1) is 5.92 Å². The summed E-state index contributed by atoms with van der Waals surface area (Å²) in [5.41, 5.74) is 0. The van der Waals surface area contributed by atoms with Gasteiger partial charge < -0.3 is 10.1 Å². The molecule has 0 radical (unpaired) electrons. The number of ether oxygens (including phenoxy) is 1. The van der Waals surface area contributed by atoms with Gasteiger partial charge in [0.2, 0.25) is 5.91 Å². The van der Waals surface area contributed by atoms with Crippen LogP contribution in [0.25, 0.3) is 0 Å². The number of alkyl halides is 1. The van der Waals surface area contributed by atoms with Crippen LogP contribution in [0.3, 0.4) is 0 Å². The Labute approximate surface area is 100 Å². The summed E-state index contributed by atoms with van der Waals surface area (Å²) in [5.74, 6) is 0.241. The molecule has 3 nitrogen and oxygen atoms in total. The third-order valence-corrected chi connectivity index (χ3v) is 3.29. The molecule has 1 fully saturated rings. The second-order valence-corrected chi connectivity index (χ2v) is 4.80. The third kappa shape index (κ3) is 4.51. The van der Waals surface area contributed by atoms with Crippen LogP contribution in [-0.4, -0.2) is 30.5 Å². The van der Waals surface area contributed by atoms with Crippen LogP contribution in [0.15, 0.2) is 0 Å². The fraction of sp³-hybridized carbons (Fsp3) is 0.909. The van der Waals surface area contributed by atoms with Crippen LogP contribution in [0.1, 0.15) is 32.6 Å². The van der Waals surface area contributed by atoms with E-state index in [1.165, 1.54) is 0 Å². The molecular formula is C11H20BrNO2. The van der Waals surface area contributed by atoms with E-state index in [2.05, 4.69) is 28.2 Å². The van der Waals surface area contributed by atoms with Crippen molar-refractivity contribution in [2.75, 3.05) is 18.5 Å². The third-order valence-electron chi connectivity index (χ3n) is 2.83. The molecule has 2 unspecified atom stereocenters. The van der Waals surface area contributed by atoms with E-state index in [1.54, 1.807) is 0 Å². The second kappa shape index (κ2) is 7.23. The molecule has 15 heavy (non-hydrogen) atoms. The van der Waals surface area contributed by atoms with E-state index in [4.69, 9.17) is 4.74 Å². The second-order valence-electron chi connectivity index (χ2n) is 4.01. The van der Waals surface area contributed by atoms with Gasteiger partial charge in [-0.3, -0.25) is 4.79 Å². The Bertz CT molecular complexity index is 193. The van der Waals surface area contributed by atoms with E-state index >= 15 is 0 Å². The summed E-state index contributed by atoms with van der Waals surface area (Å²) in [6.45, 7) is 3.50. The maximum absolute atomic E-state index is 11.8. The molecule has 88 valence electrons. The average Bonchev–Trinajstić information content (AvgIpc) is 2.29. The van der Waals surface area contributed by atoms with E-state index in [-0.39, 0.29) is 11.8 Å². The number of hydrogen-bond donors (Lipinski definition) is 1. The highest BCUT2D eigenvalue weighted by Crippen LogP contribution is 2.14. The zero-order valence-electron chi connectivity index (χ0n) is 9.30. The van der Waals surface area contributed by atoms with Gasteiger partial charge in [0, 0.05) is 18.0 Å². The minimum Gasteiger partial charge on any atom is -0.381 e. The first-order valence-electron chi connectivity index (χ1n) is 5.72. The smallest absolute Gasteiger partial charge is 0.225 e. The van der Waals surface area contributed by atoms with Gasteiger partial charge in [0.1, 0.15) is 0 Å². The number of halogens is 1. The molecule has 1 amide bonds. The average molecular weight is 278 g/mol. The first-order chi connectivity index (χ1) is 7.27. The van der Waals surface area contributed by atoms with Crippen LogP contribution in [0.5, 0.6) is 0 Å². The van der Waals surface area contributed by atoms with Gasteiger partial charge in [-0.05, 0) is 25.7 Å². The predicted octanol–water partition coefficient (Wildman–Crippen LogP) is 2.09. The van der Waals surface area contributed by atoms with Crippen molar-refractivity contribution in [3.63, 3.8) is 0 Å². The van der Waals surface area contributed by atoms with Crippen molar-refractivity contribution >= 4 is 21.8 Å². The molecule has 1 saturated heterocycles. The van der Waals surface area contributed by atoms with Gasteiger partial charge in [-0.1, -0.05) is 22.9 Å². The Morgan fingerprint density at radius 3 is 3.00 bits per heavy atom. The first-order valence-corrected chi connectivity index (χ1v) is 6.84. The molecule has 1 aliphatic rings. The minimum atomic E-state index is 0.0723. The molecule has 0 spiro atoms. The van der Waals surface area contributed by atoms with Crippen molar-refractivity contribution < 1.29 is 9.53 Å². The lowest BCUT2D eigenvalue weighted by Gasteiger charge is -2.24. The van der Waals surface area contributed by atoms with Crippen LogP contribution in [0.2, 0.25) is 0 Å². The lowest BCUT2D eigenvalue weighted by molar-refractivity contribution is -0.129. The van der Waals surface area contributed by atoms with Gasteiger partial charge in [-0.15, -0.1) is 0 Å². The Hall–Kier alpha value is -0.0900. The maximum atomic E-state index is 11.8. The van der Waals surface area contributed by atoms with Crippen LogP contribution < -0.4 is 5.32 Å². The van der Waals surface area contributed by atoms with Gasteiger partial charge in [0.25, 0.3) is 0 Å². The standard InChI is InChI=1S/C11H20BrNO2/c1-2-10(5-6-12)13-11(14)9-4-3-7-15-8-9/h9-10H,2-8H2,1H3,(H,13,14). The summed E-state index contributed by atoms with van der Waals surface area (Å²) in [4.78, 5) is 11.8. The van der Waals surface area contributed by atoms with Crippen molar-refractivity contribution in [2.24, 2.45) is 5.92 Å². The van der Waals surface area contributed by atoms with E-state index < -0.39 is 0 Å². The summed E-state index contributed by atoms with van der Waals surface area (Å²) >= 11 is 3.40. The monoisotopic (exact) mass is 277 g/mol. The first kappa shape index (κ1) is 13.0. The van der Waals surface area contributed by atoms with Crippen molar-refractivity contribution in [1.82, 2.24) is 5.32 Å². The van der Waals surface area contributed by atoms with Crippen LogP contribution in [0.4, 0.5) is 0 Å². The lowest BCUT2D eigenvalue weighted by Crippen LogP contribution is -2.41. The van der Waals surface area contributed by atoms with Gasteiger partial charge >= 0.3 is 0 Å². The van der Waals surface area contributed by atoms with E-state index in [1.807, 2.05) is 0 Å². The fourth-order valence-corrected chi connectivity index (χ4v) is 2.33. The lowest BCUT2D eigenvalue weighted by atomic mass is 10.0. The molecule has 1 heterocycles. The molecule has 1 rings (SSSR count). The number of carbonyl (C=O) groups excluding carboxylic acids is 1. The SMILES string of the molecule is CCC(CCBr)NC(=O)C1CCCOC1. The highest BCUT2D eigenvalue weighted by atomic mass is 79.9. The van der Waals surface area contributed by atoms with Crippen molar-refractivity contribution in [3.05, 3.63) is 0 Å². The molecular weight excluding hydrogens is 258 g/mol. The normalized spacial score (nSPS) is 23.5. The predicted molar refractivity (Wildman–Crippen MR) is 64.2 cm³/mol. The highest BCUT2D eigenvalue weighted by Gasteiger charge is 2.23. The largest absolute Gasteiger partial charge is 0.381 e. The number of rotatable bonds is 5. The molecule has 1 aliphatic heterocycles. The van der Waals surface area contributed by atoms with Gasteiger partial charge in [-0.2, -0.15) is 0 Å². The van der Waals surface area contributed by atoms with E-state index in [9.17, 15) is 4.79 Å². The molecule has 2 atom stereocenters. The van der Waals surface area contributed by atoms with E-state index in [0.29, 0.717) is 12.6 Å². The Balaban J connectivity index is 2.31. The van der Waals surface area contributed by atoms with Crippen molar-refractivity contribution in [3.8, 4) is 0 Å². The highest BCUT2D eigenvalue weighted by molar-refractivity contribution is 9.09. The molecule has 0 bridgehead atoms. The van der Waals surface area contributed by atoms with Crippen LogP contribution >= 0.6 is 15.9 Å². The van der Waals surface area contributed by atoms with Crippen molar-refractivity contribution in [2.45, 2.75) is 38.6 Å². The fourth-order valence-electron chi connectivity index (χ4n) is 1.78. The molecule has 0 saturated carbocycles. The zero-order valence-corrected chi connectivity index (χ0v) is 10.9. The molecule has 1 N–H and O–H groups in total. The number of nitrogens with one attached hydrogen (secondary N) is 1. The summed E-state index contributed by atoms with van der Waals surface area (Å²) in [7, 11) is 0. The maximum Gasteiger partial charge on any atom is 0.225 e. The number of carbonyl (C=O) groups is 1. The summed E-state index contributed by atoms with van der Waals surface area (Å²) in [6.07, 6.45) is 3.96. The molecule has 4 heteroatoms. The molecule has 0 aliphatic carbocycles.